The summed E-state index contributed by atoms with van der Waals surface area (Å²) in [5, 5.41) is 32.4. The lowest BCUT2D eigenvalue weighted by molar-refractivity contribution is -0.384. The molecule has 10 heteroatoms. The predicted octanol–water partition coefficient (Wildman–Crippen LogP) is 8.74. The lowest BCUT2D eigenvalue weighted by Crippen LogP contribution is -1.86. The maximum atomic E-state index is 11.0. The van der Waals surface area contributed by atoms with E-state index in [0.29, 0.717) is 39.9 Å². The summed E-state index contributed by atoms with van der Waals surface area (Å²) in [7, 11) is 0. The first kappa shape index (κ1) is 23.6. The molecule has 0 saturated carbocycles. The third-order valence-corrected chi connectivity index (χ3v) is 5.98. The van der Waals surface area contributed by atoms with Crippen molar-refractivity contribution in [2.45, 2.75) is 0 Å². The summed E-state index contributed by atoms with van der Waals surface area (Å²) in [4.78, 5) is 15.5. The number of hydrogen-bond acceptors (Lipinski definition) is 7. The van der Waals surface area contributed by atoms with E-state index in [1.165, 1.54) is 12.1 Å². The molecule has 0 radical (unpaired) electrons. The van der Waals surface area contributed by atoms with Gasteiger partial charge in [0.1, 0.15) is 5.69 Å². The van der Waals surface area contributed by atoms with Crippen LogP contribution in [0.15, 0.2) is 136 Å². The number of aromatic amines is 1. The van der Waals surface area contributed by atoms with Crippen molar-refractivity contribution in [3.8, 4) is 22.5 Å². The molecule has 0 bridgehead atoms. The van der Waals surface area contributed by atoms with Gasteiger partial charge in [0.25, 0.3) is 5.69 Å². The van der Waals surface area contributed by atoms with Crippen molar-refractivity contribution in [2.24, 2.45) is 20.5 Å². The number of fused-ring (bicyclic) bond motifs is 1. The average molecular weight is 513 g/mol. The van der Waals surface area contributed by atoms with Gasteiger partial charge in [-0.15, -0.1) is 15.3 Å². The van der Waals surface area contributed by atoms with Gasteiger partial charge in [-0.1, -0.05) is 78.9 Å². The molecule has 0 fully saturated rings. The average Bonchev–Trinajstić information content (AvgIpc) is 3.53. The van der Waals surface area contributed by atoms with Crippen LogP contribution in [0.25, 0.3) is 28.2 Å². The monoisotopic (exact) mass is 512 g/mol. The van der Waals surface area contributed by atoms with E-state index in [0.717, 1.165) is 11.1 Å². The minimum Gasteiger partial charge on any atom is -0.288 e. The van der Waals surface area contributed by atoms with Gasteiger partial charge >= 0.3 is 0 Å². The van der Waals surface area contributed by atoms with Gasteiger partial charge in [0.15, 0.2) is 11.3 Å². The predicted molar refractivity (Wildman–Crippen MR) is 148 cm³/mol. The maximum absolute atomic E-state index is 11.0. The number of benzene rings is 4. The Morgan fingerprint density at radius 3 is 1.87 bits per heavy atom. The zero-order valence-corrected chi connectivity index (χ0v) is 20.4. The molecule has 39 heavy (non-hydrogen) atoms. The van der Waals surface area contributed by atoms with E-state index in [2.05, 4.69) is 25.6 Å². The van der Waals surface area contributed by atoms with Crippen molar-refractivity contribution in [3.05, 3.63) is 125 Å². The Labute approximate surface area is 222 Å². The lowest BCUT2D eigenvalue weighted by atomic mass is 10.1. The molecule has 0 aliphatic rings. The number of imidazole rings is 1. The molecule has 2 aromatic heterocycles. The lowest BCUT2D eigenvalue weighted by Gasteiger charge is -2.01. The van der Waals surface area contributed by atoms with Gasteiger partial charge in [0.2, 0.25) is 5.82 Å². The third-order valence-electron chi connectivity index (χ3n) is 5.98. The highest BCUT2D eigenvalue weighted by Gasteiger charge is 2.22. The molecule has 0 aliphatic heterocycles. The summed E-state index contributed by atoms with van der Waals surface area (Å²) in [6, 6.07) is 34.8. The van der Waals surface area contributed by atoms with E-state index in [1.54, 1.807) is 16.6 Å². The van der Waals surface area contributed by atoms with Crippen LogP contribution >= 0.6 is 0 Å². The van der Waals surface area contributed by atoms with Crippen LogP contribution in [-0.4, -0.2) is 19.5 Å². The highest BCUT2D eigenvalue weighted by molar-refractivity contribution is 5.87. The second-order valence-electron chi connectivity index (χ2n) is 8.52. The van der Waals surface area contributed by atoms with Crippen LogP contribution in [0.5, 0.6) is 0 Å². The minimum absolute atomic E-state index is 0.0165. The Morgan fingerprint density at radius 2 is 1.23 bits per heavy atom. The van der Waals surface area contributed by atoms with E-state index < -0.39 is 4.92 Å². The number of azo groups is 2. The van der Waals surface area contributed by atoms with Crippen molar-refractivity contribution < 1.29 is 4.92 Å². The summed E-state index contributed by atoms with van der Waals surface area (Å²) in [6.45, 7) is 0. The summed E-state index contributed by atoms with van der Waals surface area (Å²) in [5.41, 5.74) is 5.25. The summed E-state index contributed by atoms with van der Waals surface area (Å²) >= 11 is 0. The normalized spacial score (nSPS) is 11.6. The van der Waals surface area contributed by atoms with Gasteiger partial charge < -0.3 is 0 Å². The standard InChI is InChI=1S/C29H20N8O2/c38-37(39)24-18-16-23(17-19-24)31-33-27-25(20-10-4-1-5-11-20)35-36-28(27)30-26(21-12-6-2-7-13-21)29(36)34-32-22-14-8-3-9-15-22/h1-19,35H. The van der Waals surface area contributed by atoms with Crippen LogP contribution in [0.2, 0.25) is 0 Å². The summed E-state index contributed by atoms with van der Waals surface area (Å²) in [6.07, 6.45) is 0. The number of H-pyrrole nitrogens is 1. The molecule has 0 unspecified atom stereocenters. The topological polar surface area (TPSA) is 126 Å². The molecule has 2 heterocycles. The highest BCUT2D eigenvalue weighted by atomic mass is 16.6. The van der Waals surface area contributed by atoms with Gasteiger partial charge in [-0.05, 0) is 24.3 Å². The Kier molecular flexibility index (Phi) is 6.24. The second kappa shape index (κ2) is 10.3. The smallest absolute Gasteiger partial charge is 0.269 e. The van der Waals surface area contributed by atoms with Crippen LogP contribution in [-0.2, 0) is 0 Å². The number of nitrogens with one attached hydrogen (secondary N) is 1. The number of non-ortho nitro benzene ring substituents is 1. The van der Waals surface area contributed by atoms with Crippen molar-refractivity contribution in [1.29, 1.82) is 0 Å². The molecule has 0 atom stereocenters. The number of nitro benzene ring substituents is 1. The van der Waals surface area contributed by atoms with Gasteiger partial charge in [0, 0.05) is 23.3 Å². The molecule has 0 saturated heterocycles. The molecule has 0 spiro atoms. The third kappa shape index (κ3) is 4.81. The number of nitrogens with zero attached hydrogens (tertiary/aromatic N) is 7. The maximum Gasteiger partial charge on any atom is 0.269 e. The molecule has 4 aromatic carbocycles. The molecular weight excluding hydrogens is 492 g/mol. The number of aromatic nitrogens is 3. The Bertz CT molecular complexity index is 1810. The first-order valence-corrected chi connectivity index (χ1v) is 12.1. The van der Waals surface area contributed by atoms with Crippen molar-refractivity contribution in [3.63, 3.8) is 0 Å². The fraction of sp³-hybridized carbons (Fsp3) is 0. The Balaban J connectivity index is 1.54. The molecule has 10 nitrogen and oxygen atoms in total. The summed E-state index contributed by atoms with van der Waals surface area (Å²) in [5.74, 6) is 0.508. The molecular formula is C29H20N8O2. The molecule has 188 valence electrons. The van der Waals surface area contributed by atoms with E-state index in [1.807, 2.05) is 91.0 Å². The van der Waals surface area contributed by atoms with Crippen LogP contribution in [0.4, 0.5) is 28.6 Å². The van der Waals surface area contributed by atoms with Crippen molar-refractivity contribution in [2.75, 3.05) is 0 Å². The second-order valence-corrected chi connectivity index (χ2v) is 8.52. The number of rotatable bonds is 7. The van der Waals surface area contributed by atoms with Gasteiger partial charge in [0.05, 0.1) is 22.0 Å². The van der Waals surface area contributed by atoms with Crippen molar-refractivity contribution in [1.82, 2.24) is 14.6 Å². The molecule has 1 N–H and O–H groups in total. The molecule has 6 rings (SSSR count). The highest BCUT2D eigenvalue weighted by Crippen LogP contribution is 2.40. The largest absolute Gasteiger partial charge is 0.288 e. The number of hydrogen-bond donors (Lipinski definition) is 1. The molecule has 0 aliphatic carbocycles. The fourth-order valence-corrected chi connectivity index (χ4v) is 4.08. The zero-order chi connectivity index (χ0) is 26.6. The zero-order valence-electron chi connectivity index (χ0n) is 20.4. The van der Waals surface area contributed by atoms with E-state index in [9.17, 15) is 10.1 Å². The fourth-order valence-electron chi connectivity index (χ4n) is 4.08. The van der Waals surface area contributed by atoms with E-state index in [4.69, 9.17) is 4.98 Å². The first-order chi connectivity index (χ1) is 19.2. The van der Waals surface area contributed by atoms with Crippen LogP contribution in [0.3, 0.4) is 0 Å². The van der Waals surface area contributed by atoms with Crippen molar-refractivity contribution >= 4 is 34.2 Å². The van der Waals surface area contributed by atoms with Gasteiger partial charge in [-0.25, -0.2) is 9.50 Å². The minimum atomic E-state index is -0.453. The molecule has 0 amide bonds. The Morgan fingerprint density at radius 1 is 0.667 bits per heavy atom. The van der Waals surface area contributed by atoms with Gasteiger partial charge in [-0.3, -0.25) is 15.2 Å². The summed E-state index contributed by atoms with van der Waals surface area (Å²) < 4.78 is 1.75. The van der Waals surface area contributed by atoms with Crippen LogP contribution in [0.1, 0.15) is 0 Å². The quantitative estimate of drug-likeness (QED) is 0.130. The van der Waals surface area contributed by atoms with E-state index >= 15 is 0 Å². The SMILES string of the molecule is O=[N+]([O-])c1ccc(N=Nc2c(-c3ccccc3)[nH]n3c(N=Nc4ccccc4)c(-c4ccccc4)nc23)cc1. The van der Waals surface area contributed by atoms with E-state index in [-0.39, 0.29) is 5.69 Å². The first-order valence-electron chi connectivity index (χ1n) is 12.1. The Hall–Kier alpha value is -5.77. The van der Waals surface area contributed by atoms with Crippen LogP contribution in [0, 0.1) is 10.1 Å². The number of nitro groups is 1. The molecule has 6 aromatic rings. The van der Waals surface area contributed by atoms with Gasteiger partial charge in [-0.2, -0.15) is 5.11 Å². The van der Waals surface area contributed by atoms with Crippen LogP contribution < -0.4 is 0 Å².